The summed E-state index contributed by atoms with van der Waals surface area (Å²) in [6, 6.07) is 0. The second-order valence-corrected chi connectivity index (χ2v) is 6.72. The molecule has 0 aromatic heterocycles. The SMILES string of the molecule is CCCC(CCBr)CNS(=O)(=O)CCOCC. The van der Waals surface area contributed by atoms with Crippen molar-refractivity contribution in [3.05, 3.63) is 0 Å². The summed E-state index contributed by atoms with van der Waals surface area (Å²) < 4.78 is 30.9. The monoisotopic (exact) mass is 329 g/mol. The third kappa shape index (κ3) is 10.00. The molecular weight excluding hydrogens is 306 g/mol. The Balaban J connectivity index is 3.95. The lowest BCUT2D eigenvalue weighted by atomic mass is 10.0. The third-order valence-electron chi connectivity index (χ3n) is 2.51. The summed E-state index contributed by atoms with van der Waals surface area (Å²) in [6.45, 7) is 5.33. The number of sulfonamides is 1. The maximum Gasteiger partial charge on any atom is 0.213 e. The minimum atomic E-state index is -3.18. The van der Waals surface area contributed by atoms with Crippen LogP contribution in [0.3, 0.4) is 0 Å². The molecule has 0 fully saturated rings. The number of halogens is 1. The molecule has 0 bridgehead atoms. The van der Waals surface area contributed by atoms with E-state index in [1.54, 1.807) is 0 Å². The fraction of sp³-hybridized carbons (Fsp3) is 1.00. The van der Waals surface area contributed by atoms with Crippen LogP contribution in [0.15, 0.2) is 0 Å². The van der Waals surface area contributed by atoms with Crippen molar-refractivity contribution < 1.29 is 13.2 Å². The number of hydrogen-bond donors (Lipinski definition) is 1. The van der Waals surface area contributed by atoms with Gasteiger partial charge >= 0.3 is 0 Å². The topological polar surface area (TPSA) is 55.4 Å². The van der Waals surface area contributed by atoms with Crippen molar-refractivity contribution in [1.29, 1.82) is 0 Å². The fourth-order valence-electron chi connectivity index (χ4n) is 1.54. The van der Waals surface area contributed by atoms with Crippen LogP contribution in [-0.4, -0.2) is 39.3 Å². The van der Waals surface area contributed by atoms with Gasteiger partial charge in [0.15, 0.2) is 0 Å². The first-order valence-electron chi connectivity index (χ1n) is 6.16. The number of alkyl halides is 1. The van der Waals surface area contributed by atoms with Gasteiger partial charge in [-0.1, -0.05) is 29.3 Å². The van der Waals surface area contributed by atoms with Crippen molar-refractivity contribution in [3.63, 3.8) is 0 Å². The molecule has 1 N–H and O–H groups in total. The van der Waals surface area contributed by atoms with E-state index in [1.807, 2.05) is 6.92 Å². The summed E-state index contributed by atoms with van der Waals surface area (Å²) in [6.07, 6.45) is 3.14. The molecule has 4 nitrogen and oxygen atoms in total. The van der Waals surface area contributed by atoms with Crippen molar-refractivity contribution in [2.45, 2.75) is 33.1 Å². The maximum atomic E-state index is 11.6. The van der Waals surface area contributed by atoms with E-state index in [9.17, 15) is 8.42 Å². The van der Waals surface area contributed by atoms with Gasteiger partial charge in [0, 0.05) is 18.5 Å². The highest BCUT2D eigenvalue weighted by Gasteiger charge is 2.13. The largest absolute Gasteiger partial charge is 0.381 e. The van der Waals surface area contributed by atoms with E-state index in [0.717, 1.165) is 24.6 Å². The molecule has 0 aliphatic carbocycles. The summed E-state index contributed by atoms with van der Waals surface area (Å²) in [7, 11) is -3.18. The molecule has 0 rings (SSSR count). The predicted molar refractivity (Wildman–Crippen MR) is 75.1 cm³/mol. The van der Waals surface area contributed by atoms with Gasteiger partial charge < -0.3 is 4.74 Å². The normalized spacial score (nSPS) is 13.8. The molecule has 0 aromatic rings. The van der Waals surface area contributed by atoms with E-state index in [4.69, 9.17) is 4.74 Å². The zero-order valence-corrected chi connectivity index (χ0v) is 13.1. The summed E-state index contributed by atoms with van der Waals surface area (Å²) in [4.78, 5) is 0. The van der Waals surface area contributed by atoms with Gasteiger partial charge in [-0.15, -0.1) is 0 Å². The standard InChI is InChI=1S/C11H24BrNO3S/c1-3-5-11(6-7-12)10-13-17(14,15)9-8-16-4-2/h11,13H,3-10H2,1-2H3. The van der Waals surface area contributed by atoms with Crippen LogP contribution in [-0.2, 0) is 14.8 Å². The lowest BCUT2D eigenvalue weighted by Gasteiger charge is -2.15. The number of rotatable bonds is 11. The van der Waals surface area contributed by atoms with Gasteiger partial charge in [0.25, 0.3) is 0 Å². The van der Waals surface area contributed by atoms with Crippen LogP contribution in [0.4, 0.5) is 0 Å². The van der Waals surface area contributed by atoms with Crippen LogP contribution >= 0.6 is 15.9 Å². The van der Waals surface area contributed by atoms with Gasteiger partial charge in [0.05, 0.1) is 12.4 Å². The van der Waals surface area contributed by atoms with Gasteiger partial charge in [-0.2, -0.15) is 0 Å². The second-order valence-electron chi connectivity index (χ2n) is 4.00. The van der Waals surface area contributed by atoms with Crippen LogP contribution in [0.1, 0.15) is 33.1 Å². The quantitative estimate of drug-likeness (QED) is 0.466. The van der Waals surface area contributed by atoms with Crippen LogP contribution in [0.2, 0.25) is 0 Å². The van der Waals surface area contributed by atoms with E-state index in [2.05, 4.69) is 27.6 Å². The number of ether oxygens (including phenoxy) is 1. The third-order valence-corrected chi connectivity index (χ3v) is 4.28. The zero-order chi connectivity index (χ0) is 13.1. The molecule has 0 saturated heterocycles. The smallest absolute Gasteiger partial charge is 0.213 e. The zero-order valence-electron chi connectivity index (χ0n) is 10.7. The van der Waals surface area contributed by atoms with E-state index >= 15 is 0 Å². The Hall–Kier alpha value is 0.350. The average molecular weight is 330 g/mol. The Morgan fingerprint density at radius 3 is 2.53 bits per heavy atom. The lowest BCUT2D eigenvalue weighted by Crippen LogP contribution is -2.32. The van der Waals surface area contributed by atoms with Crippen molar-refractivity contribution in [2.75, 3.05) is 30.8 Å². The van der Waals surface area contributed by atoms with Crippen LogP contribution in [0.5, 0.6) is 0 Å². The summed E-state index contributed by atoms with van der Waals surface area (Å²) >= 11 is 3.39. The van der Waals surface area contributed by atoms with E-state index in [0.29, 0.717) is 19.1 Å². The second kappa shape index (κ2) is 10.3. The molecule has 0 aromatic carbocycles. The van der Waals surface area contributed by atoms with Crippen LogP contribution < -0.4 is 4.72 Å². The van der Waals surface area contributed by atoms with Crippen molar-refractivity contribution >= 4 is 26.0 Å². The lowest BCUT2D eigenvalue weighted by molar-refractivity contribution is 0.163. The summed E-state index contributed by atoms with van der Waals surface area (Å²) in [5.41, 5.74) is 0. The highest BCUT2D eigenvalue weighted by Crippen LogP contribution is 2.11. The maximum absolute atomic E-state index is 11.6. The molecular formula is C11H24BrNO3S. The summed E-state index contributed by atoms with van der Waals surface area (Å²) in [5, 5.41) is 0.915. The Kier molecular flexibility index (Phi) is 10.5. The van der Waals surface area contributed by atoms with E-state index in [1.165, 1.54) is 0 Å². The first-order valence-corrected chi connectivity index (χ1v) is 8.94. The Morgan fingerprint density at radius 1 is 1.29 bits per heavy atom. The number of hydrogen-bond acceptors (Lipinski definition) is 3. The Morgan fingerprint density at radius 2 is 2.00 bits per heavy atom. The summed E-state index contributed by atoms with van der Waals surface area (Å²) in [5.74, 6) is 0.467. The predicted octanol–water partition coefficient (Wildman–Crippen LogP) is 2.14. The first-order chi connectivity index (χ1) is 8.05. The van der Waals surface area contributed by atoms with Crippen molar-refractivity contribution in [2.24, 2.45) is 5.92 Å². The minimum absolute atomic E-state index is 0.0496. The average Bonchev–Trinajstić information content (AvgIpc) is 2.27. The van der Waals surface area contributed by atoms with E-state index in [-0.39, 0.29) is 12.4 Å². The van der Waals surface area contributed by atoms with Crippen molar-refractivity contribution in [3.8, 4) is 0 Å². The molecule has 0 aliphatic rings. The van der Waals surface area contributed by atoms with Gasteiger partial charge in [-0.25, -0.2) is 13.1 Å². The van der Waals surface area contributed by atoms with Gasteiger partial charge in [-0.05, 0) is 25.7 Å². The molecule has 0 radical (unpaired) electrons. The molecule has 1 atom stereocenters. The molecule has 104 valence electrons. The molecule has 1 unspecified atom stereocenters. The van der Waals surface area contributed by atoms with Crippen LogP contribution in [0.25, 0.3) is 0 Å². The Bertz CT molecular complexity index is 264. The highest BCUT2D eigenvalue weighted by molar-refractivity contribution is 9.09. The molecule has 6 heteroatoms. The van der Waals surface area contributed by atoms with E-state index < -0.39 is 10.0 Å². The van der Waals surface area contributed by atoms with Crippen LogP contribution in [0, 0.1) is 5.92 Å². The molecule has 0 heterocycles. The molecule has 0 aliphatic heterocycles. The molecule has 0 saturated carbocycles. The number of nitrogens with one attached hydrogen (secondary N) is 1. The Labute approximate surface area is 114 Å². The van der Waals surface area contributed by atoms with Gasteiger partial charge in [0.2, 0.25) is 10.0 Å². The van der Waals surface area contributed by atoms with Gasteiger partial charge in [-0.3, -0.25) is 0 Å². The minimum Gasteiger partial charge on any atom is -0.381 e. The highest BCUT2D eigenvalue weighted by atomic mass is 79.9. The molecule has 0 amide bonds. The van der Waals surface area contributed by atoms with Gasteiger partial charge in [0.1, 0.15) is 0 Å². The first kappa shape index (κ1) is 17.4. The fourth-order valence-corrected chi connectivity index (χ4v) is 3.16. The molecule has 0 spiro atoms. The van der Waals surface area contributed by atoms with Crippen molar-refractivity contribution in [1.82, 2.24) is 4.72 Å². The molecule has 17 heavy (non-hydrogen) atoms.